The van der Waals surface area contributed by atoms with Crippen LogP contribution in [0.5, 0.6) is 11.5 Å². The molecule has 1 aromatic heterocycles. The van der Waals surface area contributed by atoms with Crippen molar-refractivity contribution in [2.75, 3.05) is 32.8 Å². The lowest BCUT2D eigenvalue weighted by Crippen LogP contribution is -2.51. The number of aromatic nitrogens is 1. The van der Waals surface area contributed by atoms with Crippen LogP contribution in [0.15, 0.2) is 22.6 Å². The fourth-order valence-electron chi connectivity index (χ4n) is 4.23. The van der Waals surface area contributed by atoms with E-state index in [1.165, 1.54) is 27.4 Å². The van der Waals surface area contributed by atoms with E-state index in [1.807, 2.05) is 0 Å². The summed E-state index contributed by atoms with van der Waals surface area (Å²) in [4.78, 5) is 19.3. The molecule has 0 spiro atoms. The Kier molecular flexibility index (Phi) is 7.12. The van der Waals surface area contributed by atoms with Gasteiger partial charge in [0.05, 0.1) is 17.9 Å². The molecule has 2 aromatic rings. The standard InChI is InChI=1S/C24H30F2N4O6S/c1-14(27)21-20(23(31)29-8-10-30(11-9-29)37(32,33)17-5-6-17)28-22(36-21)16-4-7-18(35-24(25)26)19(12-16)34-13-15-2-3-15/h4,7,12,14-15,17,24H,2-3,5-6,8-11,13,27H2,1H3/t14-/m0/s1. The predicted octanol–water partition coefficient (Wildman–Crippen LogP) is 3.00. The highest BCUT2D eigenvalue weighted by Gasteiger charge is 2.41. The largest absolute Gasteiger partial charge is 0.489 e. The van der Waals surface area contributed by atoms with Gasteiger partial charge in [0.15, 0.2) is 23.0 Å². The van der Waals surface area contributed by atoms with Crippen molar-refractivity contribution in [1.29, 1.82) is 0 Å². The van der Waals surface area contributed by atoms with E-state index in [2.05, 4.69) is 9.72 Å². The first-order chi connectivity index (χ1) is 17.6. The highest BCUT2D eigenvalue weighted by Crippen LogP contribution is 2.37. The van der Waals surface area contributed by atoms with Crippen molar-refractivity contribution < 1.29 is 35.9 Å². The van der Waals surface area contributed by atoms with Crippen molar-refractivity contribution in [3.05, 3.63) is 29.7 Å². The smallest absolute Gasteiger partial charge is 0.387 e. The number of alkyl halides is 2. The number of benzene rings is 1. The lowest BCUT2D eigenvalue weighted by atomic mass is 10.2. The second kappa shape index (κ2) is 10.2. The minimum absolute atomic E-state index is 0.0388. The lowest BCUT2D eigenvalue weighted by molar-refractivity contribution is -0.0515. The maximum absolute atomic E-state index is 13.4. The number of piperazine rings is 1. The van der Waals surface area contributed by atoms with Crippen LogP contribution >= 0.6 is 0 Å². The van der Waals surface area contributed by atoms with Gasteiger partial charge < -0.3 is 24.5 Å². The van der Waals surface area contributed by atoms with Crippen LogP contribution in [0.3, 0.4) is 0 Å². The normalized spacial score (nSPS) is 19.8. The first-order valence-electron chi connectivity index (χ1n) is 12.4. The van der Waals surface area contributed by atoms with Crippen molar-refractivity contribution in [2.45, 2.75) is 50.5 Å². The average Bonchev–Trinajstić information content (AvgIpc) is 3.80. The van der Waals surface area contributed by atoms with Gasteiger partial charge in [-0.1, -0.05) is 0 Å². The molecule has 1 aliphatic heterocycles. The number of carbonyl (C=O) groups is 1. The number of nitrogens with zero attached hydrogens (tertiary/aromatic N) is 3. The molecule has 1 saturated heterocycles. The van der Waals surface area contributed by atoms with Gasteiger partial charge in [-0.25, -0.2) is 13.4 Å². The Hall–Kier alpha value is -2.77. The van der Waals surface area contributed by atoms with E-state index in [0.717, 1.165) is 12.8 Å². The summed E-state index contributed by atoms with van der Waals surface area (Å²) in [6.07, 6.45) is 3.41. The first-order valence-corrected chi connectivity index (χ1v) is 13.9. The zero-order valence-corrected chi connectivity index (χ0v) is 21.3. The van der Waals surface area contributed by atoms with E-state index < -0.39 is 28.6 Å². The third-order valence-electron chi connectivity index (χ3n) is 6.68. The molecule has 202 valence electrons. The molecule has 0 bridgehead atoms. The van der Waals surface area contributed by atoms with Gasteiger partial charge in [0, 0.05) is 31.7 Å². The molecule has 0 unspecified atom stereocenters. The molecular formula is C24H30F2N4O6S. The van der Waals surface area contributed by atoms with Gasteiger partial charge in [-0.15, -0.1) is 0 Å². The van der Waals surface area contributed by atoms with Crippen LogP contribution in [0.25, 0.3) is 11.5 Å². The third kappa shape index (κ3) is 5.73. The second-order valence-corrected chi connectivity index (χ2v) is 12.0. The summed E-state index contributed by atoms with van der Waals surface area (Å²) >= 11 is 0. The van der Waals surface area contributed by atoms with Gasteiger partial charge in [-0.05, 0) is 56.7 Å². The molecule has 3 fully saturated rings. The molecule has 0 radical (unpaired) electrons. The molecule has 2 saturated carbocycles. The molecule has 2 N–H and O–H groups in total. The second-order valence-electron chi connectivity index (χ2n) is 9.75. The molecule has 37 heavy (non-hydrogen) atoms. The summed E-state index contributed by atoms with van der Waals surface area (Å²) in [6.45, 7) is -0.0817. The van der Waals surface area contributed by atoms with Crippen molar-refractivity contribution in [3.63, 3.8) is 0 Å². The quantitative estimate of drug-likeness (QED) is 0.487. The molecule has 3 aliphatic rings. The van der Waals surface area contributed by atoms with Gasteiger partial charge in [0.2, 0.25) is 15.9 Å². The number of nitrogens with two attached hydrogens (primary N) is 1. The lowest BCUT2D eigenvalue weighted by Gasteiger charge is -2.33. The maximum atomic E-state index is 13.4. The van der Waals surface area contributed by atoms with Crippen molar-refractivity contribution in [2.24, 2.45) is 11.7 Å². The van der Waals surface area contributed by atoms with Crippen LogP contribution in [0, 0.1) is 5.92 Å². The molecule has 5 rings (SSSR count). The van der Waals surface area contributed by atoms with E-state index in [0.29, 0.717) is 30.9 Å². The maximum Gasteiger partial charge on any atom is 0.387 e. The van der Waals surface area contributed by atoms with Gasteiger partial charge in [-0.2, -0.15) is 13.1 Å². The number of carbonyl (C=O) groups excluding carboxylic acids is 1. The van der Waals surface area contributed by atoms with Crippen LogP contribution in [0.1, 0.15) is 54.9 Å². The van der Waals surface area contributed by atoms with Crippen LogP contribution in [0.4, 0.5) is 8.78 Å². The fourth-order valence-corrected chi connectivity index (χ4v) is 6.05. The van der Waals surface area contributed by atoms with Crippen molar-refractivity contribution in [1.82, 2.24) is 14.2 Å². The topological polar surface area (TPSA) is 128 Å². The summed E-state index contributed by atoms with van der Waals surface area (Å²) in [6, 6.07) is 3.69. The monoisotopic (exact) mass is 540 g/mol. The Morgan fingerprint density at radius 2 is 1.86 bits per heavy atom. The van der Waals surface area contributed by atoms with Crippen LogP contribution in [-0.4, -0.2) is 73.2 Å². The average molecular weight is 541 g/mol. The molecule has 10 nitrogen and oxygen atoms in total. The van der Waals surface area contributed by atoms with E-state index in [4.69, 9.17) is 14.9 Å². The minimum Gasteiger partial charge on any atom is -0.489 e. The highest BCUT2D eigenvalue weighted by molar-refractivity contribution is 7.90. The number of oxazole rings is 1. The van der Waals surface area contributed by atoms with Gasteiger partial charge in [0.1, 0.15) is 0 Å². The molecule has 1 aromatic carbocycles. The van der Waals surface area contributed by atoms with Crippen molar-refractivity contribution >= 4 is 15.9 Å². The minimum atomic E-state index is -3.31. The zero-order valence-electron chi connectivity index (χ0n) is 20.4. The molecule has 1 amide bonds. The first kappa shape index (κ1) is 25.9. The van der Waals surface area contributed by atoms with E-state index in [1.54, 1.807) is 6.92 Å². The predicted molar refractivity (Wildman–Crippen MR) is 129 cm³/mol. The number of hydrogen-bond acceptors (Lipinski definition) is 8. The highest BCUT2D eigenvalue weighted by atomic mass is 32.2. The summed E-state index contributed by atoms with van der Waals surface area (Å²) < 4.78 is 68.4. The van der Waals surface area contributed by atoms with Crippen LogP contribution in [0.2, 0.25) is 0 Å². The van der Waals surface area contributed by atoms with Crippen LogP contribution in [-0.2, 0) is 10.0 Å². The number of hydrogen-bond donors (Lipinski definition) is 1. The Morgan fingerprint density at radius 3 is 2.46 bits per heavy atom. The van der Waals surface area contributed by atoms with E-state index in [-0.39, 0.29) is 60.3 Å². The molecule has 1 atom stereocenters. The molecule has 13 heteroatoms. The summed E-state index contributed by atoms with van der Waals surface area (Å²) in [5, 5.41) is -0.298. The Labute approximate surface area is 213 Å². The molecule has 2 heterocycles. The summed E-state index contributed by atoms with van der Waals surface area (Å²) in [5.41, 5.74) is 6.52. The van der Waals surface area contributed by atoms with Gasteiger partial charge in [0.25, 0.3) is 5.91 Å². The van der Waals surface area contributed by atoms with E-state index in [9.17, 15) is 22.0 Å². The number of amides is 1. The summed E-state index contributed by atoms with van der Waals surface area (Å²) in [7, 11) is -3.31. The zero-order chi connectivity index (χ0) is 26.3. The molecule has 2 aliphatic carbocycles. The third-order valence-corrected chi connectivity index (χ3v) is 9.08. The SMILES string of the molecule is C[C@H](N)c1oc(-c2ccc(OC(F)F)c(OCC3CC3)c2)nc1C(=O)N1CCN(S(=O)(=O)C2CC2)CC1. The number of halogens is 2. The Balaban J connectivity index is 1.36. The van der Waals surface area contributed by atoms with Gasteiger partial charge >= 0.3 is 6.61 Å². The van der Waals surface area contributed by atoms with Crippen molar-refractivity contribution in [3.8, 4) is 23.0 Å². The number of rotatable bonds is 10. The number of ether oxygens (including phenoxy) is 2. The summed E-state index contributed by atoms with van der Waals surface area (Å²) in [5.74, 6) is 0.277. The Morgan fingerprint density at radius 1 is 1.16 bits per heavy atom. The van der Waals surface area contributed by atoms with Gasteiger partial charge in [-0.3, -0.25) is 4.79 Å². The fraction of sp³-hybridized carbons (Fsp3) is 0.583. The number of sulfonamides is 1. The van der Waals surface area contributed by atoms with Crippen LogP contribution < -0.4 is 15.2 Å². The Bertz CT molecular complexity index is 1250. The van der Waals surface area contributed by atoms with E-state index >= 15 is 0 Å². The molecular weight excluding hydrogens is 510 g/mol.